The number of rotatable bonds is 5. The maximum atomic E-state index is 12.7. The third kappa shape index (κ3) is 4.36. The molecule has 29 heavy (non-hydrogen) atoms. The molecule has 11 nitrogen and oxygen atoms in total. The Morgan fingerprint density at radius 1 is 1.41 bits per heavy atom. The van der Waals surface area contributed by atoms with Crippen LogP contribution in [0.1, 0.15) is 12.8 Å². The molecule has 0 saturated carbocycles. The summed E-state index contributed by atoms with van der Waals surface area (Å²) in [6.07, 6.45) is 1.93. The molecule has 1 aliphatic heterocycles. The molecule has 1 aromatic carbocycles. The lowest BCUT2D eigenvalue weighted by Gasteiger charge is -2.18. The van der Waals surface area contributed by atoms with Gasteiger partial charge in [-0.25, -0.2) is 8.42 Å². The number of fused-ring (bicyclic) bond motifs is 1. The zero-order valence-electron chi connectivity index (χ0n) is 15.6. The maximum absolute atomic E-state index is 12.7. The number of nitro groups is 1. The summed E-state index contributed by atoms with van der Waals surface area (Å²) >= 11 is 0.999. The first-order chi connectivity index (χ1) is 13.6. The molecule has 0 bridgehead atoms. The Labute approximate surface area is 169 Å². The Morgan fingerprint density at radius 2 is 2.14 bits per heavy atom. The van der Waals surface area contributed by atoms with Gasteiger partial charge in [-0.1, -0.05) is 11.3 Å². The van der Waals surface area contributed by atoms with E-state index in [1.807, 2.05) is 0 Å². The Balaban J connectivity index is 2.11. The smallest absolute Gasteiger partial charge is 0.325 e. The summed E-state index contributed by atoms with van der Waals surface area (Å²) in [4.78, 5) is 39.2. The average molecular weight is 442 g/mol. The van der Waals surface area contributed by atoms with Crippen molar-refractivity contribution in [3.8, 4) is 0 Å². The van der Waals surface area contributed by atoms with Crippen LogP contribution in [0.15, 0.2) is 23.2 Å². The molecule has 1 amide bonds. The van der Waals surface area contributed by atoms with Gasteiger partial charge in [0.05, 0.1) is 28.5 Å². The van der Waals surface area contributed by atoms with Crippen molar-refractivity contribution in [1.82, 2.24) is 8.87 Å². The van der Waals surface area contributed by atoms with Gasteiger partial charge in [-0.15, -0.1) is 0 Å². The van der Waals surface area contributed by atoms with Gasteiger partial charge in [0.15, 0.2) is 4.80 Å². The van der Waals surface area contributed by atoms with Crippen molar-refractivity contribution in [2.24, 2.45) is 4.99 Å². The monoisotopic (exact) mass is 442 g/mol. The number of hydrogen-bond donors (Lipinski definition) is 0. The highest BCUT2D eigenvalue weighted by atomic mass is 32.2. The number of nitrogens with zero attached hydrogens (tertiary/aromatic N) is 4. The lowest BCUT2D eigenvalue weighted by Crippen LogP contribution is -2.40. The molecule has 2 heterocycles. The van der Waals surface area contributed by atoms with Gasteiger partial charge < -0.3 is 9.30 Å². The molecule has 1 aromatic heterocycles. The first kappa shape index (κ1) is 21.1. The first-order valence-corrected chi connectivity index (χ1v) is 11.2. The van der Waals surface area contributed by atoms with Gasteiger partial charge in [-0.2, -0.15) is 9.30 Å². The highest BCUT2D eigenvalue weighted by Gasteiger charge is 2.36. The van der Waals surface area contributed by atoms with Crippen molar-refractivity contribution in [2.45, 2.75) is 25.4 Å². The summed E-state index contributed by atoms with van der Waals surface area (Å²) in [5, 5.41) is 11.0. The fraction of sp³-hybridized carbons (Fsp3) is 0.438. The molecule has 1 aliphatic rings. The number of carbonyl (C=O) groups excluding carboxylic acids is 2. The van der Waals surface area contributed by atoms with Gasteiger partial charge in [0.25, 0.3) is 11.6 Å². The molecule has 0 aliphatic carbocycles. The van der Waals surface area contributed by atoms with Crippen molar-refractivity contribution in [1.29, 1.82) is 0 Å². The molecule has 0 spiro atoms. The van der Waals surface area contributed by atoms with Gasteiger partial charge >= 0.3 is 5.97 Å². The second-order valence-corrected chi connectivity index (χ2v) is 9.38. The summed E-state index contributed by atoms with van der Waals surface area (Å²) in [6.45, 7) is -0.00753. The minimum atomic E-state index is -3.56. The first-order valence-electron chi connectivity index (χ1n) is 8.52. The van der Waals surface area contributed by atoms with Crippen LogP contribution in [0.5, 0.6) is 0 Å². The Morgan fingerprint density at radius 3 is 2.76 bits per heavy atom. The van der Waals surface area contributed by atoms with Crippen molar-refractivity contribution >= 4 is 49.1 Å². The van der Waals surface area contributed by atoms with Gasteiger partial charge in [0, 0.05) is 18.7 Å². The van der Waals surface area contributed by atoms with Gasteiger partial charge in [0.1, 0.15) is 12.6 Å². The zero-order valence-corrected chi connectivity index (χ0v) is 17.2. The molecule has 13 heteroatoms. The number of nitro benzene ring substituents is 1. The standard InChI is InChI=1S/C16H18N4O7S2/c1-27-14(21)9-18-11-6-5-10(20(23)24)8-13(11)28-16(18)17-15(22)12-4-3-7-19(12)29(2,25)26/h5-6,8,12H,3-4,7,9H2,1-2H3. The summed E-state index contributed by atoms with van der Waals surface area (Å²) < 4.78 is 31.5. The zero-order chi connectivity index (χ0) is 21.3. The van der Waals surface area contributed by atoms with Crippen LogP contribution in [0.3, 0.4) is 0 Å². The van der Waals surface area contributed by atoms with Crippen LogP contribution in [-0.4, -0.2) is 60.0 Å². The van der Waals surface area contributed by atoms with Gasteiger partial charge in [-0.3, -0.25) is 19.7 Å². The molecule has 0 radical (unpaired) electrons. The van der Waals surface area contributed by atoms with E-state index < -0.39 is 32.9 Å². The quantitative estimate of drug-likeness (QED) is 0.376. The molecule has 1 atom stereocenters. The lowest BCUT2D eigenvalue weighted by atomic mass is 10.2. The Kier molecular flexibility index (Phi) is 5.82. The van der Waals surface area contributed by atoms with Crippen LogP contribution in [0.4, 0.5) is 5.69 Å². The molecule has 0 N–H and O–H groups in total. The molecule has 1 saturated heterocycles. The second kappa shape index (κ2) is 8.00. The summed E-state index contributed by atoms with van der Waals surface area (Å²) in [5.41, 5.74) is 0.338. The van der Waals surface area contributed by atoms with Crippen molar-refractivity contribution < 1.29 is 27.7 Å². The van der Waals surface area contributed by atoms with E-state index in [1.165, 1.54) is 29.9 Å². The van der Waals surface area contributed by atoms with Gasteiger partial charge in [-0.05, 0) is 18.9 Å². The highest BCUT2D eigenvalue weighted by Crippen LogP contribution is 2.24. The van der Waals surface area contributed by atoms with E-state index in [9.17, 15) is 28.1 Å². The van der Waals surface area contributed by atoms with E-state index in [0.29, 0.717) is 23.1 Å². The third-order valence-electron chi connectivity index (χ3n) is 4.51. The number of benzene rings is 1. The number of non-ortho nitro benzene ring substituents is 1. The van der Waals surface area contributed by atoms with E-state index in [2.05, 4.69) is 9.73 Å². The molecule has 156 valence electrons. The van der Waals surface area contributed by atoms with Crippen molar-refractivity contribution in [2.75, 3.05) is 19.9 Å². The van der Waals surface area contributed by atoms with Crippen LogP contribution < -0.4 is 4.80 Å². The number of esters is 1. The van der Waals surface area contributed by atoms with Crippen LogP contribution in [0.2, 0.25) is 0 Å². The second-order valence-electron chi connectivity index (χ2n) is 6.44. The Bertz CT molecular complexity index is 1170. The van der Waals surface area contributed by atoms with E-state index >= 15 is 0 Å². The molecular weight excluding hydrogens is 424 g/mol. The van der Waals surface area contributed by atoms with Crippen LogP contribution in [-0.2, 0) is 30.9 Å². The SMILES string of the molecule is COC(=O)Cn1c(=NC(=O)C2CCCN2S(C)(=O)=O)sc2cc([N+](=O)[O-])ccc21. The predicted molar refractivity (Wildman–Crippen MR) is 104 cm³/mol. The predicted octanol–water partition coefficient (Wildman–Crippen LogP) is 0.635. The lowest BCUT2D eigenvalue weighted by molar-refractivity contribution is -0.384. The summed E-state index contributed by atoms with van der Waals surface area (Å²) in [6, 6.07) is 3.18. The topological polar surface area (TPSA) is 141 Å². The highest BCUT2D eigenvalue weighted by molar-refractivity contribution is 7.88. The molecule has 1 fully saturated rings. The molecule has 1 unspecified atom stereocenters. The van der Waals surface area contributed by atoms with Crippen LogP contribution in [0.25, 0.3) is 10.2 Å². The van der Waals surface area contributed by atoms with Gasteiger partial charge in [0.2, 0.25) is 10.0 Å². The molecular formula is C16H18N4O7S2. The van der Waals surface area contributed by atoms with E-state index in [-0.39, 0.29) is 23.6 Å². The molecule has 2 aromatic rings. The van der Waals surface area contributed by atoms with Crippen molar-refractivity contribution in [3.05, 3.63) is 33.1 Å². The average Bonchev–Trinajstić information content (AvgIpc) is 3.26. The Hall–Kier alpha value is -2.64. The number of hydrogen-bond acceptors (Lipinski definition) is 8. The third-order valence-corrected chi connectivity index (χ3v) is 6.84. The largest absolute Gasteiger partial charge is 0.468 e. The van der Waals surface area contributed by atoms with E-state index in [1.54, 1.807) is 0 Å². The number of thiazole rings is 1. The van der Waals surface area contributed by atoms with Crippen LogP contribution >= 0.6 is 11.3 Å². The number of ether oxygens (including phenoxy) is 1. The minimum Gasteiger partial charge on any atom is -0.468 e. The fourth-order valence-electron chi connectivity index (χ4n) is 3.16. The minimum absolute atomic E-state index is 0.135. The number of carbonyl (C=O) groups is 2. The maximum Gasteiger partial charge on any atom is 0.325 e. The normalized spacial score (nSPS) is 18.3. The van der Waals surface area contributed by atoms with E-state index in [4.69, 9.17) is 0 Å². The van der Waals surface area contributed by atoms with Crippen molar-refractivity contribution in [3.63, 3.8) is 0 Å². The molecule has 3 rings (SSSR count). The number of methoxy groups -OCH3 is 1. The summed E-state index contributed by atoms with van der Waals surface area (Å²) in [5.74, 6) is -1.23. The number of amides is 1. The summed E-state index contributed by atoms with van der Waals surface area (Å²) in [7, 11) is -2.35. The number of aromatic nitrogens is 1. The fourth-order valence-corrected chi connectivity index (χ4v) is 5.35. The van der Waals surface area contributed by atoms with E-state index in [0.717, 1.165) is 21.9 Å². The number of sulfonamides is 1. The van der Waals surface area contributed by atoms with Crippen LogP contribution in [0, 0.1) is 10.1 Å².